The highest BCUT2D eigenvalue weighted by Crippen LogP contribution is 2.14. The SMILES string of the molecule is CCC(C#N)S(=O)(=O)N[C@@H](C(=O)OC(C)(C)C)C(C)C. The first-order valence-corrected chi connectivity index (χ1v) is 8.12. The summed E-state index contributed by atoms with van der Waals surface area (Å²) >= 11 is 0. The Morgan fingerprint density at radius 1 is 1.35 bits per heavy atom. The number of nitriles is 1. The van der Waals surface area contributed by atoms with E-state index in [1.807, 2.05) is 0 Å². The summed E-state index contributed by atoms with van der Waals surface area (Å²) in [6.45, 7) is 10.2. The molecular formula is C13H24N2O4S. The van der Waals surface area contributed by atoms with Gasteiger partial charge >= 0.3 is 5.97 Å². The largest absolute Gasteiger partial charge is 0.459 e. The van der Waals surface area contributed by atoms with Gasteiger partial charge in [0.15, 0.2) is 5.25 Å². The zero-order valence-corrected chi connectivity index (χ0v) is 13.7. The fourth-order valence-corrected chi connectivity index (χ4v) is 2.93. The van der Waals surface area contributed by atoms with E-state index in [4.69, 9.17) is 10.00 Å². The number of sulfonamides is 1. The Morgan fingerprint density at radius 3 is 2.15 bits per heavy atom. The first-order valence-electron chi connectivity index (χ1n) is 6.58. The monoisotopic (exact) mass is 304 g/mol. The van der Waals surface area contributed by atoms with Gasteiger partial charge in [0.25, 0.3) is 0 Å². The van der Waals surface area contributed by atoms with E-state index in [-0.39, 0.29) is 12.3 Å². The number of hydrogen-bond acceptors (Lipinski definition) is 5. The molecule has 7 heteroatoms. The van der Waals surface area contributed by atoms with Crippen LogP contribution in [0.2, 0.25) is 0 Å². The van der Waals surface area contributed by atoms with Gasteiger partial charge in [0.1, 0.15) is 11.6 Å². The Bertz CT molecular complexity index is 472. The van der Waals surface area contributed by atoms with Crippen molar-refractivity contribution in [2.45, 2.75) is 64.9 Å². The third-order valence-electron chi connectivity index (χ3n) is 2.51. The van der Waals surface area contributed by atoms with Crippen molar-refractivity contribution in [3.05, 3.63) is 0 Å². The molecule has 116 valence electrons. The summed E-state index contributed by atoms with van der Waals surface area (Å²) in [7, 11) is -3.88. The first kappa shape index (κ1) is 18.9. The minimum Gasteiger partial charge on any atom is -0.459 e. The summed E-state index contributed by atoms with van der Waals surface area (Å²) in [5.41, 5.74) is -0.699. The Hall–Kier alpha value is -1.13. The van der Waals surface area contributed by atoms with Crippen LogP contribution in [0.3, 0.4) is 0 Å². The van der Waals surface area contributed by atoms with Gasteiger partial charge in [-0.3, -0.25) is 4.79 Å². The molecule has 0 rings (SSSR count). The Labute approximate surface area is 121 Å². The molecule has 1 unspecified atom stereocenters. The van der Waals surface area contributed by atoms with E-state index in [0.717, 1.165) is 0 Å². The van der Waals surface area contributed by atoms with Gasteiger partial charge in [0.2, 0.25) is 10.0 Å². The molecule has 0 aliphatic carbocycles. The second kappa shape index (κ2) is 7.04. The van der Waals surface area contributed by atoms with Crippen molar-refractivity contribution in [3.63, 3.8) is 0 Å². The van der Waals surface area contributed by atoms with Gasteiger partial charge in [-0.25, -0.2) is 8.42 Å². The van der Waals surface area contributed by atoms with Crippen molar-refractivity contribution < 1.29 is 17.9 Å². The highest BCUT2D eigenvalue weighted by Gasteiger charge is 2.34. The van der Waals surface area contributed by atoms with E-state index in [0.29, 0.717) is 0 Å². The predicted octanol–water partition coefficient (Wildman–Crippen LogP) is 1.57. The zero-order chi connectivity index (χ0) is 16.1. The zero-order valence-electron chi connectivity index (χ0n) is 12.9. The van der Waals surface area contributed by atoms with Gasteiger partial charge in [-0.2, -0.15) is 9.98 Å². The number of ether oxygens (including phenoxy) is 1. The van der Waals surface area contributed by atoms with Gasteiger partial charge < -0.3 is 4.74 Å². The minimum atomic E-state index is -3.88. The molecule has 6 nitrogen and oxygen atoms in total. The van der Waals surface area contributed by atoms with Crippen LogP contribution in [0.1, 0.15) is 48.0 Å². The maximum absolute atomic E-state index is 12.0. The van der Waals surface area contributed by atoms with Crippen molar-refractivity contribution in [1.82, 2.24) is 4.72 Å². The van der Waals surface area contributed by atoms with Crippen molar-refractivity contribution in [2.24, 2.45) is 5.92 Å². The van der Waals surface area contributed by atoms with Crippen LogP contribution in [0.4, 0.5) is 0 Å². The highest BCUT2D eigenvalue weighted by atomic mass is 32.2. The van der Waals surface area contributed by atoms with E-state index in [1.54, 1.807) is 47.6 Å². The normalized spacial score (nSPS) is 15.5. The third-order valence-corrected chi connectivity index (χ3v) is 4.28. The first-order chi connectivity index (χ1) is 8.94. The third kappa shape index (κ3) is 5.88. The minimum absolute atomic E-state index is 0.158. The molecule has 20 heavy (non-hydrogen) atoms. The lowest BCUT2D eigenvalue weighted by Gasteiger charge is -2.26. The molecule has 0 spiro atoms. The van der Waals surface area contributed by atoms with Gasteiger partial charge in [-0.1, -0.05) is 20.8 Å². The summed E-state index contributed by atoms with van der Waals surface area (Å²) in [6.07, 6.45) is 0.158. The van der Waals surface area contributed by atoms with Gasteiger partial charge in [0, 0.05) is 0 Å². The topological polar surface area (TPSA) is 96.3 Å². The summed E-state index contributed by atoms with van der Waals surface area (Å²) in [6, 6.07) is 0.722. The van der Waals surface area contributed by atoms with Crippen LogP contribution >= 0.6 is 0 Å². The van der Waals surface area contributed by atoms with Crippen LogP contribution in [-0.2, 0) is 19.6 Å². The lowest BCUT2D eigenvalue weighted by molar-refractivity contribution is -0.158. The average Bonchev–Trinajstić information content (AvgIpc) is 2.24. The summed E-state index contributed by atoms with van der Waals surface area (Å²) in [5, 5.41) is 7.68. The van der Waals surface area contributed by atoms with Crippen molar-refractivity contribution in [2.75, 3.05) is 0 Å². The highest BCUT2D eigenvalue weighted by molar-refractivity contribution is 7.90. The lowest BCUT2D eigenvalue weighted by atomic mass is 10.1. The summed E-state index contributed by atoms with van der Waals surface area (Å²) in [5.74, 6) is -0.917. The Kier molecular flexibility index (Phi) is 6.65. The quantitative estimate of drug-likeness (QED) is 0.751. The second-order valence-electron chi connectivity index (χ2n) is 5.94. The van der Waals surface area contributed by atoms with Crippen molar-refractivity contribution in [3.8, 4) is 6.07 Å². The molecule has 2 atom stereocenters. The fourth-order valence-electron chi connectivity index (χ4n) is 1.46. The second-order valence-corrected chi connectivity index (χ2v) is 7.84. The van der Waals surface area contributed by atoms with Gasteiger partial charge in [-0.05, 0) is 33.1 Å². The van der Waals surface area contributed by atoms with Crippen LogP contribution in [0.25, 0.3) is 0 Å². The number of carbonyl (C=O) groups is 1. The standard InChI is InChI=1S/C13H24N2O4S/c1-7-10(8-14)20(17,18)15-11(9(2)3)12(16)19-13(4,5)6/h9-11,15H,7H2,1-6H3/t10?,11-/m1/s1. The molecule has 0 aromatic carbocycles. The average molecular weight is 304 g/mol. The number of rotatable bonds is 6. The van der Waals surface area contributed by atoms with E-state index < -0.39 is 32.9 Å². The fraction of sp³-hybridized carbons (Fsp3) is 0.846. The van der Waals surface area contributed by atoms with E-state index >= 15 is 0 Å². The lowest BCUT2D eigenvalue weighted by Crippen LogP contribution is -2.49. The summed E-state index contributed by atoms with van der Waals surface area (Å²) < 4.78 is 31.6. The van der Waals surface area contributed by atoms with Crippen molar-refractivity contribution >= 4 is 16.0 Å². The van der Waals surface area contributed by atoms with Crippen LogP contribution in [0.5, 0.6) is 0 Å². The maximum Gasteiger partial charge on any atom is 0.324 e. The number of carbonyl (C=O) groups excluding carboxylic acids is 1. The van der Waals surface area contributed by atoms with Crippen LogP contribution in [-0.4, -0.2) is 31.3 Å². The number of nitrogens with zero attached hydrogens (tertiary/aromatic N) is 1. The Balaban J connectivity index is 5.16. The molecule has 0 heterocycles. The Morgan fingerprint density at radius 2 is 1.85 bits per heavy atom. The molecular weight excluding hydrogens is 280 g/mol. The molecule has 0 amide bonds. The molecule has 0 aromatic rings. The number of esters is 1. The molecule has 0 bridgehead atoms. The predicted molar refractivity (Wildman–Crippen MR) is 76.2 cm³/mol. The van der Waals surface area contributed by atoms with E-state index in [9.17, 15) is 13.2 Å². The molecule has 0 fully saturated rings. The maximum atomic E-state index is 12.0. The molecule has 0 aromatic heterocycles. The van der Waals surface area contributed by atoms with Gasteiger partial charge in [-0.15, -0.1) is 0 Å². The van der Waals surface area contributed by atoms with Gasteiger partial charge in [0.05, 0.1) is 6.07 Å². The molecule has 0 radical (unpaired) electrons. The van der Waals surface area contributed by atoms with Crippen LogP contribution in [0.15, 0.2) is 0 Å². The summed E-state index contributed by atoms with van der Waals surface area (Å²) in [4.78, 5) is 12.0. The number of hydrogen-bond donors (Lipinski definition) is 1. The number of nitrogens with one attached hydrogen (secondary N) is 1. The van der Waals surface area contributed by atoms with E-state index in [1.165, 1.54) is 0 Å². The van der Waals surface area contributed by atoms with Crippen LogP contribution < -0.4 is 4.72 Å². The molecule has 1 N–H and O–H groups in total. The smallest absolute Gasteiger partial charge is 0.324 e. The molecule has 0 aliphatic heterocycles. The van der Waals surface area contributed by atoms with E-state index in [2.05, 4.69) is 4.72 Å². The molecule has 0 saturated heterocycles. The molecule has 0 aliphatic rings. The van der Waals surface area contributed by atoms with Crippen LogP contribution in [0, 0.1) is 17.2 Å². The molecule has 0 saturated carbocycles. The van der Waals surface area contributed by atoms with Crippen molar-refractivity contribution in [1.29, 1.82) is 5.26 Å².